The minimum Gasteiger partial charge on any atom is -0.356 e. The van der Waals surface area contributed by atoms with Crippen molar-refractivity contribution < 1.29 is 0 Å². The molecule has 3 nitrogen and oxygen atoms in total. The highest BCUT2D eigenvalue weighted by atomic mass is 15.2. The maximum atomic E-state index is 4.48. The Morgan fingerprint density at radius 3 is 3.06 bits per heavy atom. The number of nitrogens with one attached hydrogen (secondary N) is 2. The van der Waals surface area contributed by atoms with Gasteiger partial charge < -0.3 is 10.6 Å². The number of hydrogen-bond acceptors (Lipinski definition) is 3. The number of aryl methyl sites for hydroxylation is 1. The van der Waals surface area contributed by atoms with Crippen LogP contribution >= 0.6 is 0 Å². The molecule has 1 aromatic carbocycles. The lowest BCUT2D eigenvalue weighted by molar-refractivity contribution is 0.742. The van der Waals surface area contributed by atoms with E-state index >= 15 is 0 Å². The first-order valence-electron chi connectivity index (χ1n) is 6.48. The van der Waals surface area contributed by atoms with Gasteiger partial charge in [0.2, 0.25) is 0 Å². The molecule has 0 bridgehead atoms. The number of rotatable bonds is 3. The number of hydrogen-bond donors (Lipinski definition) is 2. The summed E-state index contributed by atoms with van der Waals surface area (Å²) in [5.41, 5.74) is 2.71. The average Bonchev–Trinajstić information content (AvgIpc) is 2.65. The molecule has 0 saturated heterocycles. The molecule has 1 aliphatic heterocycles. The SMILES string of the molecule is CCc1cccc(CNC2=NCCCCN2)c1. The fraction of sp³-hybridized carbons (Fsp3) is 0.500. The van der Waals surface area contributed by atoms with E-state index in [1.54, 1.807) is 0 Å². The van der Waals surface area contributed by atoms with Gasteiger partial charge in [-0.05, 0) is 30.4 Å². The van der Waals surface area contributed by atoms with Crippen LogP contribution in [0.3, 0.4) is 0 Å². The molecule has 1 heterocycles. The molecule has 2 N–H and O–H groups in total. The van der Waals surface area contributed by atoms with E-state index in [2.05, 4.69) is 46.8 Å². The lowest BCUT2D eigenvalue weighted by Gasteiger charge is -2.10. The third kappa shape index (κ3) is 3.77. The summed E-state index contributed by atoms with van der Waals surface area (Å²) in [6, 6.07) is 8.71. The smallest absolute Gasteiger partial charge is 0.191 e. The Labute approximate surface area is 103 Å². The Balaban J connectivity index is 1.90. The number of nitrogens with zero attached hydrogens (tertiary/aromatic N) is 1. The molecule has 17 heavy (non-hydrogen) atoms. The lowest BCUT2D eigenvalue weighted by Crippen LogP contribution is -2.36. The van der Waals surface area contributed by atoms with E-state index in [0.29, 0.717) is 0 Å². The Morgan fingerprint density at radius 1 is 1.29 bits per heavy atom. The molecule has 1 aliphatic rings. The zero-order valence-electron chi connectivity index (χ0n) is 10.5. The summed E-state index contributed by atoms with van der Waals surface area (Å²) in [6.07, 6.45) is 3.48. The van der Waals surface area contributed by atoms with E-state index in [4.69, 9.17) is 0 Å². The highest BCUT2D eigenvalue weighted by molar-refractivity contribution is 5.79. The number of guanidine groups is 1. The molecule has 1 aromatic rings. The lowest BCUT2D eigenvalue weighted by atomic mass is 10.1. The number of benzene rings is 1. The van der Waals surface area contributed by atoms with Gasteiger partial charge in [0.1, 0.15) is 0 Å². The summed E-state index contributed by atoms with van der Waals surface area (Å²) in [4.78, 5) is 4.48. The molecule has 0 fully saturated rings. The Kier molecular flexibility index (Phi) is 4.42. The van der Waals surface area contributed by atoms with Crippen LogP contribution in [0.1, 0.15) is 30.9 Å². The van der Waals surface area contributed by atoms with Crippen LogP contribution in [0.15, 0.2) is 29.3 Å². The second-order valence-corrected chi connectivity index (χ2v) is 4.39. The molecule has 0 spiro atoms. The topological polar surface area (TPSA) is 36.4 Å². The van der Waals surface area contributed by atoms with Gasteiger partial charge in [0.25, 0.3) is 0 Å². The van der Waals surface area contributed by atoms with Gasteiger partial charge in [0.05, 0.1) is 0 Å². The summed E-state index contributed by atoms with van der Waals surface area (Å²) in [7, 11) is 0. The summed E-state index contributed by atoms with van der Waals surface area (Å²) in [5.74, 6) is 0.949. The highest BCUT2D eigenvalue weighted by Crippen LogP contribution is 2.05. The molecular formula is C14H21N3. The zero-order valence-corrected chi connectivity index (χ0v) is 10.5. The summed E-state index contributed by atoms with van der Waals surface area (Å²) >= 11 is 0. The van der Waals surface area contributed by atoms with Crippen molar-refractivity contribution in [3.8, 4) is 0 Å². The average molecular weight is 231 g/mol. The van der Waals surface area contributed by atoms with Crippen molar-refractivity contribution >= 4 is 5.96 Å². The van der Waals surface area contributed by atoms with E-state index in [0.717, 1.165) is 32.0 Å². The molecule has 2 rings (SSSR count). The molecule has 0 aliphatic carbocycles. The van der Waals surface area contributed by atoms with E-state index in [9.17, 15) is 0 Å². The summed E-state index contributed by atoms with van der Waals surface area (Å²) < 4.78 is 0. The third-order valence-corrected chi connectivity index (χ3v) is 3.01. The van der Waals surface area contributed by atoms with Crippen LogP contribution in [-0.2, 0) is 13.0 Å². The molecule has 0 aromatic heterocycles. The monoisotopic (exact) mass is 231 g/mol. The van der Waals surface area contributed by atoms with Crippen LogP contribution in [0, 0.1) is 0 Å². The Morgan fingerprint density at radius 2 is 2.18 bits per heavy atom. The highest BCUT2D eigenvalue weighted by Gasteiger charge is 2.02. The van der Waals surface area contributed by atoms with Gasteiger partial charge in [-0.2, -0.15) is 0 Å². The predicted molar refractivity (Wildman–Crippen MR) is 72.2 cm³/mol. The maximum absolute atomic E-state index is 4.48. The van der Waals surface area contributed by atoms with Gasteiger partial charge in [0.15, 0.2) is 5.96 Å². The van der Waals surface area contributed by atoms with Gasteiger partial charge >= 0.3 is 0 Å². The molecule has 0 saturated carbocycles. The van der Waals surface area contributed by atoms with E-state index in [-0.39, 0.29) is 0 Å². The molecule has 0 atom stereocenters. The first-order valence-corrected chi connectivity index (χ1v) is 6.48. The van der Waals surface area contributed by atoms with Crippen molar-refractivity contribution in [2.45, 2.75) is 32.7 Å². The number of aliphatic imine (C=N–C) groups is 1. The molecule has 3 heteroatoms. The zero-order chi connectivity index (χ0) is 11.9. The van der Waals surface area contributed by atoms with Gasteiger partial charge in [0, 0.05) is 19.6 Å². The largest absolute Gasteiger partial charge is 0.356 e. The van der Waals surface area contributed by atoms with Crippen LogP contribution in [0.5, 0.6) is 0 Å². The van der Waals surface area contributed by atoms with Crippen molar-refractivity contribution in [1.82, 2.24) is 10.6 Å². The van der Waals surface area contributed by atoms with Crippen LogP contribution in [-0.4, -0.2) is 19.0 Å². The summed E-state index contributed by atoms with van der Waals surface area (Å²) in [5, 5.41) is 6.69. The van der Waals surface area contributed by atoms with E-state index in [1.165, 1.54) is 24.0 Å². The maximum Gasteiger partial charge on any atom is 0.191 e. The third-order valence-electron chi connectivity index (χ3n) is 3.01. The second kappa shape index (κ2) is 6.28. The first-order chi connectivity index (χ1) is 8.38. The van der Waals surface area contributed by atoms with Crippen LogP contribution < -0.4 is 10.6 Å². The van der Waals surface area contributed by atoms with Crippen molar-refractivity contribution in [1.29, 1.82) is 0 Å². The molecule has 0 radical (unpaired) electrons. The fourth-order valence-electron chi connectivity index (χ4n) is 1.95. The van der Waals surface area contributed by atoms with Gasteiger partial charge in [-0.3, -0.25) is 4.99 Å². The Bertz CT molecular complexity index is 385. The van der Waals surface area contributed by atoms with Gasteiger partial charge in [-0.1, -0.05) is 31.2 Å². The summed E-state index contributed by atoms with van der Waals surface area (Å²) in [6.45, 7) is 4.99. The van der Waals surface area contributed by atoms with E-state index < -0.39 is 0 Å². The minimum atomic E-state index is 0.847. The standard InChI is InChI=1S/C14H21N3/c1-2-12-6-5-7-13(10-12)11-17-14-15-8-3-4-9-16-14/h5-7,10H,2-4,8-9,11H2,1H3,(H2,15,16,17). The Hall–Kier alpha value is -1.51. The van der Waals surface area contributed by atoms with Crippen molar-refractivity contribution in [2.75, 3.05) is 13.1 Å². The first kappa shape index (κ1) is 12.0. The fourth-order valence-corrected chi connectivity index (χ4v) is 1.95. The van der Waals surface area contributed by atoms with Gasteiger partial charge in [-0.25, -0.2) is 0 Å². The molecule has 0 amide bonds. The van der Waals surface area contributed by atoms with E-state index in [1.807, 2.05) is 0 Å². The molecule has 0 unspecified atom stereocenters. The van der Waals surface area contributed by atoms with Crippen molar-refractivity contribution in [2.24, 2.45) is 4.99 Å². The molecule has 92 valence electrons. The minimum absolute atomic E-state index is 0.847. The normalized spacial score (nSPS) is 15.7. The predicted octanol–water partition coefficient (Wildman–Crippen LogP) is 2.08. The molecular weight excluding hydrogens is 210 g/mol. The van der Waals surface area contributed by atoms with Crippen molar-refractivity contribution in [3.63, 3.8) is 0 Å². The van der Waals surface area contributed by atoms with Gasteiger partial charge in [-0.15, -0.1) is 0 Å². The van der Waals surface area contributed by atoms with Crippen LogP contribution in [0.25, 0.3) is 0 Å². The quantitative estimate of drug-likeness (QED) is 0.835. The second-order valence-electron chi connectivity index (χ2n) is 4.39. The van der Waals surface area contributed by atoms with Crippen LogP contribution in [0.2, 0.25) is 0 Å². The van der Waals surface area contributed by atoms with Crippen molar-refractivity contribution in [3.05, 3.63) is 35.4 Å². The van der Waals surface area contributed by atoms with Crippen LogP contribution in [0.4, 0.5) is 0 Å².